The van der Waals surface area contributed by atoms with Gasteiger partial charge in [0.15, 0.2) is 0 Å². The summed E-state index contributed by atoms with van der Waals surface area (Å²) in [5.41, 5.74) is 0.808. The maximum atomic E-state index is 13.5. The van der Waals surface area contributed by atoms with E-state index in [1.807, 2.05) is 6.92 Å². The van der Waals surface area contributed by atoms with Crippen LogP contribution in [-0.2, 0) is 12.7 Å². The Hall–Kier alpha value is -2.11. The van der Waals surface area contributed by atoms with E-state index in [1.165, 1.54) is 12.1 Å². The molecular formula is C14H12F4N2. The number of nitrogens with zero attached hydrogens (tertiary/aromatic N) is 1. The monoisotopic (exact) mass is 284 g/mol. The van der Waals surface area contributed by atoms with Gasteiger partial charge in [-0.1, -0.05) is 17.7 Å². The summed E-state index contributed by atoms with van der Waals surface area (Å²) in [7, 11) is 0. The van der Waals surface area contributed by atoms with E-state index in [0.717, 1.165) is 17.8 Å². The predicted octanol–water partition coefficient (Wildman–Crippen LogP) is 4.16. The maximum Gasteiger partial charge on any atom is 0.433 e. The van der Waals surface area contributed by atoms with Gasteiger partial charge in [0, 0.05) is 12.1 Å². The zero-order chi connectivity index (χ0) is 14.8. The summed E-state index contributed by atoms with van der Waals surface area (Å²) >= 11 is 0. The van der Waals surface area contributed by atoms with Gasteiger partial charge < -0.3 is 5.32 Å². The van der Waals surface area contributed by atoms with E-state index in [4.69, 9.17) is 0 Å². The topological polar surface area (TPSA) is 24.9 Å². The van der Waals surface area contributed by atoms with Crippen molar-refractivity contribution in [3.05, 3.63) is 59.2 Å². The van der Waals surface area contributed by atoms with Crippen LogP contribution in [0.5, 0.6) is 0 Å². The molecule has 0 aliphatic carbocycles. The van der Waals surface area contributed by atoms with Crippen LogP contribution < -0.4 is 5.32 Å². The smallest absolute Gasteiger partial charge is 0.380 e. The average Bonchev–Trinajstić information content (AvgIpc) is 2.39. The molecule has 1 aromatic heterocycles. The van der Waals surface area contributed by atoms with Gasteiger partial charge in [-0.05, 0) is 25.1 Å². The number of alkyl halides is 3. The largest absolute Gasteiger partial charge is 0.433 e. The first kappa shape index (κ1) is 14.3. The van der Waals surface area contributed by atoms with Gasteiger partial charge in [0.25, 0.3) is 0 Å². The number of hydrogen-bond donors (Lipinski definition) is 1. The molecule has 0 unspecified atom stereocenters. The molecule has 106 valence electrons. The van der Waals surface area contributed by atoms with Crippen molar-refractivity contribution in [2.75, 3.05) is 5.32 Å². The first-order valence-corrected chi connectivity index (χ1v) is 5.88. The predicted molar refractivity (Wildman–Crippen MR) is 67.7 cm³/mol. The number of halogens is 4. The van der Waals surface area contributed by atoms with Gasteiger partial charge in [-0.3, -0.25) is 0 Å². The quantitative estimate of drug-likeness (QED) is 0.856. The molecule has 0 bridgehead atoms. The Morgan fingerprint density at radius 1 is 1.15 bits per heavy atom. The van der Waals surface area contributed by atoms with Crippen molar-refractivity contribution in [3.8, 4) is 0 Å². The molecule has 1 aromatic carbocycles. The molecule has 2 rings (SSSR count). The summed E-state index contributed by atoms with van der Waals surface area (Å²) in [5.74, 6) is -0.358. The number of hydrogen-bond acceptors (Lipinski definition) is 2. The Bertz CT molecular complexity index is 591. The molecule has 0 amide bonds. The molecule has 6 heteroatoms. The molecule has 1 heterocycles. The Morgan fingerprint density at radius 2 is 1.90 bits per heavy atom. The fraction of sp³-hybridized carbons (Fsp3) is 0.214. The van der Waals surface area contributed by atoms with E-state index in [0.29, 0.717) is 11.3 Å². The van der Waals surface area contributed by atoms with Gasteiger partial charge in [-0.25, -0.2) is 9.37 Å². The summed E-state index contributed by atoms with van der Waals surface area (Å²) in [5, 5.41) is 2.84. The van der Waals surface area contributed by atoms with Crippen molar-refractivity contribution in [1.29, 1.82) is 0 Å². The van der Waals surface area contributed by atoms with Crippen molar-refractivity contribution in [1.82, 2.24) is 4.98 Å². The molecule has 0 saturated heterocycles. The Kier molecular flexibility index (Phi) is 3.92. The molecule has 0 atom stereocenters. The van der Waals surface area contributed by atoms with E-state index in [9.17, 15) is 17.6 Å². The molecule has 0 fully saturated rings. The third-order valence-electron chi connectivity index (χ3n) is 2.74. The second-order valence-corrected chi connectivity index (χ2v) is 4.38. The third kappa shape index (κ3) is 3.46. The fourth-order valence-electron chi connectivity index (χ4n) is 1.70. The molecule has 0 aliphatic heterocycles. The summed E-state index contributed by atoms with van der Waals surface area (Å²) in [4.78, 5) is 3.32. The minimum atomic E-state index is -4.46. The Balaban J connectivity index is 2.06. The lowest BCUT2D eigenvalue weighted by Crippen LogP contribution is -2.08. The number of pyridine rings is 1. The molecule has 0 saturated carbocycles. The lowest BCUT2D eigenvalue weighted by molar-refractivity contribution is -0.141. The molecule has 0 aliphatic rings. The summed E-state index contributed by atoms with van der Waals surface area (Å²) in [6, 6.07) is 6.84. The van der Waals surface area contributed by atoms with Crippen LogP contribution in [0.3, 0.4) is 0 Å². The standard InChI is InChI=1S/C14H12F4N2/c1-9-2-4-12(15)10(6-9)7-19-11-3-5-13(20-8-11)14(16,17)18/h2-6,8,19H,7H2,1H3. The Labute approximate surface area is 113 Å². The van der Waals surface area contributed by atoms with Gasteiger partial charge >= 0.3 is 6.18 Å². The van der Waals surface area contributed by atoms with E-state index in [2.05, 4.69) is 10.3 Å². The van der Waals surface area contributed by atoms with E-state index < -0.39 is 11.9 Å². The molecule has 0 spiro atoms. The van der Waals surface area contributed by atoms with E-state index >= 15 is 0 Å². The minimum absolute atomic E-state index is 0.181. The highest BCUT2D eigenvalue weighted by molar-refractivity contribution is 5.42. The van der Waals surface area contributed by atoms with Crippen molar-refractivity contribution in [3.63, 3.8) is 0 Å². The minimum Gasteiger partial charge on any atom is -0.380 e. The summed E-state index contributed by atoms with van der Waals surface area (Å²) in [6.45, 7) is 2.02. The molecule has 20 heavy (non-hydrogen) atoms. The van der Waals surface area contributed by atoms with Crippen molar-refractivity contribution < 1.29 is 17.6 Å². The highest BCUT2D eigenvalue weighted by atomic mass is 19.4. The van der Waals surface area contributed by atoms with Gasteiger partial charge in [0.1, 0.15) is 11.5 Å². The number of anilines is 1. The van der Waals surface area contributed by atoms with Gasteiger partial charge in [-0.2, -0.15) is 13.2 Å². The normalized spacial score (nSPS) is 11.4. The van der Waals surface area contributed by atoms with Crippen LogP contribution in [0.2, 0.25) is 0 Å². The molecule has 2 aromatic rings. The SMILES string of the molecule is Cc1ccc(F)c(CNc2ccc(C(F)(F)F)nc2)c1. The molecule has 2 nitrogen and oxygen atoms in total. The van der Waals surface area contributed by atoms with Crippen LogP contribution in [0.1, 0.15) is 16.8 Å². The number of rotatable bonds is 3. The second-order valence-electron chi connectivity index (χ2n) is 4.38. The lowest BCUT2D eigenvalue weighted by atomic mass is 10.1. The molecule has 1 N–H and O–H groups in total. The average molecular weight is 284 g/mol. The first-order valence-electron chi connectivity index (χ1n) is 5.88. The number of aromatic nitrogens is 1. The number of aryl methyl sites for hydroxylation is 1. The highest BCUT2D eigenvalue weighted by Crippen LogP contribution is 2.27. The van der Waals surface area contributed by atoms with Crippen LogP contribution in [0.25, 0.3) is 0 Å². The number of benzene rings is 1. The zero-order valence-electron chi connectivity index (χ0n) is 10.6. The lowest BCUT2D eigenvalue weighted by Gasteiger charge is -2.09. The van der Waals surface area contributed by atoms with E-state index in [-0.39, 0.29) is 12.4 Å². The maximum absolute atomic E-state index is 13.5. The third-order valence-corrected chi connectivity index (χ3v) is 2.74. The van der Waals surface area contributed by atoms with Crippen LogP contribution in [0.15, 0.2) is 36.5 Å². The fourth-order valence-corrected chi connectivity index (χ4v) is 1.70. The second kappa shape index (κ2) is 5.48. The summed E-state index contributed by atoms with van der Waals surface area (Å²) < 4.78 is 50.5. The van der Waals surface area contributed by atoms with Crippen LogP contribution in [0, 0.1) is 12.7 Å². The highest BCUT2D eigenvalue weighted by Gasteiger charge is 2.31. The van der Waals surface area contributed by atoms with Crippen LogP contribution >= 0.6 is 0 Å². The van der Waals surface area contributed by atoms with Crippen molar-refractivity contribution >= 4 is 5.69 Å². The Morgan fingerprint density at radius 3 is 2.50 bits per heavy atom. The van der Waals surface area contributed by atoms with Crippen molar-refractivity contribution in [2.45, 2.75) is 19.6 Å². The van der Waals surface area contributed by atoms with Crippen molar-refractivity contribution in [2.24, 2.45) is 0 Å². The van der Waals surface area contributed by atoms with E-state index in [1.54, 1.807) is 12.1 Å². The molecular weight excluding hydrogens is 272 g/mol. The van der Waals surface area contributed by atoms with Crippen LogP contribution in [0.4, 0.5) is 23.2 Å². The number of nitrogens with one attached hydrogen (secondary N) is 1. The first-order chi connectivity index (χ1) is 9.36. The summed E-state index contributed by atoms with van der Waals surface area (Å²) in [6.07, 6.45) is -3.38. The van der Waals surface area contributed by atoms with Gasteiger partial charge in [-0.15, -0.1) is 0 Å². The molecule has 0 radical (unpaired) electrons. The van der Waals surface area contributed by atoms with Gasteiger partial charge in [0.05, 0.1) is 11.9 Å². The van der Waals surface area contributed by atoms with Gasteiger partial charge in [0.2, 0.25) is 0 Å². The zero-order valence-corrected chi connectivity index (χ0v) is 10.6. The van der Waals surface area contributed by atoms with Crippen LogP contribution in [-0.4, -0.2) is 4.98 Å².